The molecule has 0 amide bonds. The lowest BCUT2D eigenvalue weighted by Crippen LogP contribution is -2.17. The van der Waals surface area contributed by atoms with Crippen LogP contribution >= 0.6 is 0 Å². The number of pyridine rings is 1. The Bertz CT molecular complexity index is 1210. The highest BCUT2D eigenvalue weighted by atomic mass is 15.1. The van der Waals surface area contributed by atoms with Gasteiger partial charge in [0.25, 0.3) is 0 Å². The second-order valence-electron chi connectivity index (χ2n) is 8.32. The van der Waals surface area contributed by atoms with E-state index < -0.39 is 0 Å². The van der Waals surface area contributed by atoms with E-state index in [4.69, 9.17) is 0 Å². The van der Waals surface area contributed by atoms with Gasteiger partial charge in [0.15, 0.2) is 0 Å². The molecule has 0 fully saturated rings. The molecule has 0 bridgehead atoms. The number of benzene rings is 2. The van der Waals surface area contributed by atoms with Crippen molar-refractivity contribution in [1.29, 1.82) is 0 Å². The van der Waals surface area contributed by atoms with E-state index in [0.717, 1.165) is 23.4 Å². The molecule has 0 atom stereocenters. The third-order valence-corrected chi connectivity index (χ3v) is 5.74. The van der Waals surface area contributed by atoms with Gasteiger partial charge in [0.1, 0.15) is 5.69 Å². The lowest BCUT2D eigenvalue weighted by molar-refractivity contribution is 0.353. The molecule has 2 aromatic heterocycles. The van der Waals surface area contributed by atoms with Crippen LogP contribution in [0.15, 0.2) is 73.1 Å². The van der Waals surface area contributed by atoms with Crippen molar-refractivity contribution < 1.29 is 0 Å². The van der Waals surface area contributed by atoms with E-state index in [1.165, 1.54) is 41.5 Å². The molecule has 0 aliphatic heterocycles. The molecule has 0 unspecified atom stereocenters. The van der Waals surface area contributed by atoms with Crippen LogP contribution in [0.1, 0.15) is 71.7 Å². The Morgan fingerprint density at radius 2 is 1.49 bits per heavy atom. The first-order valence-corrected chi connectivity index (χ1v) is 13.9. The quantitative estimate of drug-likeness (QED) is 0.257. The number of nitrogens with zero attached hydrogens (tertiary/aromatic N) is 3. The molecule has 0 saturated carbocycles. The van der Waals surface area contributed by atoms with E-state index in [-0.39, 0.29) is 0 Å². The summed E-state index contributed by atoms with van der Waals surface area (Å²) >= 11 is 0. The molecule has 0 aliphatic carbocycles. The molecule has 4 aromatic rings. The molecule has 198 valence electrons. The highest BCUT2D eigenvalue weighted by Crippen LogP contribution is 2.19. The molecule has 3 nitrogen and oxygen atoms in total. The van der Waals surface area contributed by atoms with Gasteiger partial charge in [0.05, 0.1) is 0 Å². The molecular weight excluding hydrogens is 450 g/mol. The smallest absolute Gasteiger partial charge is 0.113 e. The topological polar surface area (TPSA) is 21.1 Å². The molecule has 0 saturated heterocycles. The van der Waals surface area contributed by atoms with Gasteiger partial charge in [-0.2, -0.15) is 0 Å². The second kappa shape index (κ2) is 18.0. The number of fused-ring (bicyclic) bond motifs is 1. The van der Waals surface area contributed by atoms with Gasteiger partial charge in [0.2, 0.25) is 0 Å². The summed E-state index contributed by atoms with van der Waals surface area (Å²) in [6.07, 6.45) is 5.27. The predicted molar refractivity (Wildman–Crippen MR) is 164 cm³/mol. The Morgan fingerprint density at radius 1 is 0.811 bits per heavy atom. The van der Waals surface area contributed by atoms with Crippen molar-refractivity contribution in [3.63, 3.8) is 0 Å². The van der Waals surface area contributed by atoms with Crippen LogP contribution in [-0.2, 0) is 6.54 Å². The summed E-state index contributed by atoms with van der Waals surface area (Å²) in [5.74, 6) is 6.39. The molecule has 0 N–H and O–H groups in total. The van der Waals surface area contributed by atoms with Gasteiger partial charge in [-0.25, -0.2) is 4.98 Å². The van der Waals surface area contributed by atoms with Crippen LogP contribution < -0.4 is 0 Å². The van der Waals surface area contributed by atoms with Crippen molar-refractivity contribution in [2.45, 2.75) is 68.4 Å². The summed E-state index contributed by atoms with van der Waals surface area (Å²) < 4.78 is 2.23. The fraction of sp³-hybridized carbons (Fsp3) is 0.382. The first-order chi connectivity index (χ1) is 18.0. The number of aryl methyl sites for hydroxylation is 2. The minimum Gasteiger partial charge on any atom is -0.348 e. The van der Waals surface area contributed by atoms with Crippen LogP contribution in [-0.4, -0.2) is 34.6 Å². The average molecular weight is 498 g/mol. The van der Waals surface area contributed by atoms with Crippen molar-refractivity contribution in [3.8, 4) is 23.0 Å². The molecule has 2 aromatic carbocycles. The maximum Gasteiger partial charge on any atom is 0.113 e. The van der Waals surface area contributed by atoms with Crippen LogP contribution in [0.3, 0.4) is 0 Å². The van der Waals surface area contributed by atoms with E-state index >= 15 is 0 Å². The maximum absolute atomic E-state index is 4.49. The van der Waals surface area contributed by atoms with Gasteiger partial charge in [0, 0.05) is 41.0 Å². The maximum atomic E-state index is 4.49. The molecule has 0 radical (unpaired) electrons. The first-order valence-electron chi connectivity index (χ1n) is 13.9. The fourth-order valence-corrected chi connectivity index (χ4v) is 3.61. The average Bonchev–Trinajstić information content (AvgIpc) is 3.38. The van der Waals surface area contributed by atoms with Crippen molar-refractivity contribution >= 4 is 10.9 Å². The zero-order chi connectivity index (χ0) is 27.6. The fourth-order valence-electron chi connectivity index (χ4n) is 3.61. The number of aromatic nitrogens is 2. The number of hydrogen-bond donors (Lipinski definition) is 0. The van der Waals surface area contributed by atoms with E-state index in [1.54, 1.807) is 0 Å². The van der Waals surface area contributed by atoms with E-state index in [9.17, 15) is 0 Å². The third-order valence-electron chi connectivity index (χ3n) is 5.74. The molecule has 0 spiro atoms. The molecule has 4 rings (SSSR count). The van der Waals surface area contributed by atoms with E-state index in [1.807, 2.05) is 40.0 Å². The second-order valence-corrected chi connectivity index (χ2v) is 8.32. The van der Waals surface area contributed by atoms with Crippen molar-refractivity contribution in [3.05, 3.63) is 89.9 Å². The van der Waals surface area contributed by atoms with Crippen molar-refractivity contribution in [2.24, 2.45) is 0 Å². The van der Waals surface area contributed by atoms with Gasteiger partial charge < -0.3 is 9.47 Å². The zero-order valence-electron chi connectivity index (χ0n) is 24.6. The van der Waals surface area contributed by atoms with Gasteiger partial charge in [-0.1, -0.05) is 83.4 Å². The lowest BCUT2D eigenvalue weighted by Gasteiger charge is -2.10. The number of hydrogen-bond acceptors (Lipinski definition) is 2. The van der Waals surface area contributed by atoms with Crippen molar-refractivity contribution in [2.75, 3.05) is 20.1 Å². The molecular formula is C34H47N3. The lowest BCUT2D eigenvalue weighted by atomic mass is 10.1. The van der Waals surface area contributed by atoms with E-state index in [2.05, 4.69) is 122 Å². The van der Waals surface area contributed by atoms with Gasteiger partial charge in [-0.3, -0.25) is 0 Å². The molecule has 0 aliphatic rings. The number of rotatable bonds is 5. The van der Waals surface area contributed by atoms with Crippen LogP contribution in [0.5, 0.6) is 0 Å². The molecule has 3 heteroatoms. The van der Waals surface area contributed by atoms with Crippen LogP contribution in [0, 0.1) is 18.8 Å². The first kappa shape index (κ1) is 31.7. The van der Waals surface area contributed by atoms with E-state index in [0.29, 0.717) is 0 Å². The summed E-state index contributed by atoms with van der Waals surface area (Å²) in [5, 5.41) is 1.22. The summed E-state index contributed by atoms with van der Waals surface area (Å²) in [4.78, 5) is 6.80. The Balaban J connectivity index is 0.000000535. The molecule has 37 heavy (non-hydrogen) atoms. The Hall–Kier alpha value is -3.35. The third kappa shape index (κ3) is 10.3. The van der Waals surface area contributed by atoms with Crippen molar-refractivity contribution in [1.82, 2.24) is 14.5 Å². The summed E-state index contributed by atoms with van der Waals surface area (Å²) in [6.45, 7) is 20.0. The highest BCUT2D eigenvalue weighted by Gasteiger charge is 2.00. The van der Waals surface area contributed by atoms with Crippen LogP contribution in [0.25, 0.3) is 22.0 Å². The SMILES string of the molecule is CC.CC.CCCN(C)CC.CCn1ccc2cc(C#Cc3ccc(-c4ccc(C)cc4)cn3)ccc21. The summed E-state index contributed by atoms with van der Waals surface area (Å²) in [5.41, 5.74) is 6.59. The van der Waals surface area contributed by atoms with Crippen LogP contribution in [0.2, 0.25) is 0 Å². The van der Waals surface area contributed by atoms with Gasteiger partial charge >= 0.3 is 0 Å². The minimum atomic E-state index is 0.784. The largest absolute Gasteiger partial charge is 0.348 e. The Labute approximate surface area is 226 Å². The monoisotopic (exact) mass is 497 g/mol. The van der Waals surface area contributed by atoms with Crippen LogP contribution in [0.4, 0.5) is 0 Å². The zero-order valence-corrected chi connectivity index (χ0v) is 24.6. The Morgan fingerprint density at radius 3 is 2.03 bits per heavy atom. The standard InChI is InChI=1S/C24H20N2.C6H15N.2C2H6/c1-3-26-15-14-21-16-19(7-13-24(21)26)6-11-23-12-10-22(17-25-23)20-8-4-18(2)5-9-20;1-4-6-7(3)5-2;2*1-2/h4-5,7-10,12-17H,3H2,1-2H3;4-6H2,1-3H3;2*1-2H3. The minimum absolute atomic E-state index is 0.784. The molecule has 2 heterocycles. The normalized spacial score (nSPS) is 9.68. The van der Waals surface area contributed by atoms with Gasteiger partial charge in [-0.15, -0.1) is 0 Å². The summed E-state index contributed by atoms with van der Waals surface area (Å²) in [6, 6.07) is 21.0. The summed E-state index contributed by atoms with van der Waals surface area (Å²) in [7, 11) is 2.14. The predicted octanol–water partition coefficient (Wildman–Crippen LogP) is 8.83. The Kier molecular flexibility index (Phi) is 15.4. The van der Waals surface area contributed by atoms with Gasteiger partial charge in [-0.05, 0) is 82.2 Å². The highest BCUT2D eigenvalue weighted by molar-refractivity contribution is 5.81.